The molecule has 0 unspecified atom stereocenters. The van der Waals surface area contributed by atoms with Crippen LogP contribution in [0.2, 0.25) is 0 Å². The zero-order chi connectivity index (χ0) is 14.6. The van der Waals surface area contributed by atoms with Crippen molar-refractivity contribution in [1.29, 1.82) is 0 Å². The van der Waals surface area contributed by atoms with E-state index in [9.17, 15) is 5.11 Å². The van der Waals surface area contributed by atoms with Gasteiger partial charge in [-0.3, -0.25) is 0 Å². The Morgan fingerprint density at radius 3 is 1.95 bits per heavy atom. The average Bonchev–Trinajstić information content (AvgIpc) is 2.45. The molecule has 1 saturated heterocycles. The highest BCUT2D eigenvalue weighted by molar-refractivity contribution is 4.83. The highest BCUT2D eigenvalue weighted by Gasteiger charge is 2.24. The fourth-order valence-corrected chi connectivity index (χ4v) is 3.29. The Hall–Kier alpha value is -0.0800. The molecule has 20 heavy (non-hydrogen) atoms. The predicted octanol–water partition coefficient (Wildman–Crippen LogP) is 4.80. The number of aliphatic hydroxyl groups is 1. The van der Waals surface area contributed by atoms with Gasteiger partial charge in [-0.05, 0) is 26.2 Å². The fourth-order valence-electron chi connectivity index (χ4n) is 3.29. The molecular formula is C18H37NO. The van der Waals surface area contributed by atoms with E-state index in [2.05, 4.69) is 19.2 Å². The molecule has 0 aromatic carbocycles. The quantitative estimate of drug-likeness (QED) is 0.534. The van der Waals surface area contributed by atoms with Crippen LogP contribution in [-0.2, 0) is 0 Å². The molecule has 0 spiro atoms. The average molecular weight is 283 g/mol. The highest BCUT2D eigenvalue weighted by Crippen LogP contribution is 2.18. The SMILES string of the molecule is CCCCCCCCCCCC[C@@H]1CC[C@@H](O)[C@H](C)N1. The minimum absolute atomic E-state index is 0.126. The number of hydrogen-bond donors (Lipinski definition) is 2. The molecule has 2 heteroatoms. The summed E-state index contributed by atoms with van der Waals surface area (Å²) < 4.78 is 0. The van der Waals surface area contributed by atoms with Gasteiger partial charge in [-0.1, -0.05) is 71.1 Å². The molecule has 0 bridgehead atoms. The van der Waals surface area contributed by atoms with E-state index >= 15 is 0 Å². The van der Waals surface area contributed by atoms with Gasteiger partial charge < -0.3 is 10.4 Å². The first-order chi connectivity index (χ1) is 9.74. The predicted molar refractivity (Wildman–Crippen MR) is 88.1 cm³/mol. The van der Waals surface area contributed by atoms with Crippen LogP contribution in [0.3, 0.4) is 0 Å². The van der Waals surface area contributed by atoms with E-state index in [4.69, 9.17) is 0 Å². The molecule has 0 aliphatic carbocycles. The Balaban J connectivity index is 1.83. The normalized spacial score (nSPS) is 26.9. The Morgan fingerprint density at radius 2 is 1.40 bits per heavy atom. The molecule has 0 amide bonds. The van der Waals surface area contributed by atoms with Crippen molar-refractivity contribution in [1.82, 2.24) is 5.32 Å². The zero-order valence-corrected chi connectivity index (χ0v) is 13.9. The molecule has 2 N–H and O–H groups in total. The first kappa shape index (κ1) is 18.0. The molecule has 0 aromatic rings. The van der Waals surface area contributed by atoms with Crippen LogP contribution in [0.5, 0.6) is 0 Å². The van der Waals surface area contributed by atoms with Crippen molar-refractivity contribution in [2.45, 2.75) is 116 Å². The molecule has 1 fully saturated rings. The monoisotopic (exact) mass is 283 g/mol. The van der Waals surface area contributed by atoms with Gasteiger partial charge in [-0.2, -0.15) is 0 Å². The molecule has 120 valence electrons. The van der Waals surface area contributed by atoms with Crippen LogP contribution in [-0.4, -0.2) is 23.3 Å². The number of aliphatic hydroxyl groups excluding tert-OH is 1. The largest absolute Gasteiger partial charge is 0.392 e. The zero-order valence-electron chi connectivity index (χ0n) is 13.9. The van der Waals surface area contributed by atoms with Crippen molar-refractivity contribution >= 4 is 0 Å². The molecule has 1 rings (SSSR count). The summed E-state index contributed by atoms with van der Waals surface area (Å²) in [5.41, 5.74) is 0. The second-order valence-electron chi connectivity index (χ2n) is 6.77. The van der Waals surface area contributed by atoms with Crippen LogP contribution in [0.1, 0.15) is 97.3 Å². The lowest BCUT2D eigenvalue weighted by Gasteiger charge is -2.32. The fraction of sp³-hybridized carbons (Fsp3) is 1.00. The first-order valence-electron chi connectivity index (χ1n) is 9.18. The second-order valence-corrected chi connectivity index (χ2v) is 6.77. The summed E-state index contributed by atoms with van der Waals surface area (Å²) in [5.74, 6) is 0. The van der Waals surface area contributed by atoms with Crippen LogP contribution in [0.25, 0.3) is 0 Å². The van der Waals surface area contributed by atoms with Crippen LogP contribution in [0, 0.1) is 0 Å². The Kier molecular flexibility index (Phi) is 10.4. The third-order valence-electron chi connectivity index (χ3n) is 4.79. The summed E-state index contributed by atoms with van der Waals surface area (Å²) in [6, 6.07) is 0.944. The lowest BCUT2D eigenvalue weighted by atomic mass is 9.93. The van der Waals surface area contributed by atoms with Gasteiger partial charge in [0.15, 0.2) is 0 Å². The lowest BCUT2D eigenvalue weighted by molar-refractivity contribution is 0.0849. The van der Waals surface area contributed by atoms with Gasteiger partial charge in [0.2, 0.25) is 0 Å². The van der Waals surface area contributed by atoms with E-state index in [1.54, 1.807) is 0 Å². The van der Waals surface area contributed by atoms with Gasteiger partial charge in [0, 0.05) is 12.1 Å². The van der Waals surface area contributed by atoms with Crippen molar-refractivity contribution in [2.75, 3.05) is 0 Å². The van der Waals surface area contributed by atoms with Crippen LogP contribution in [0.4, 0.5) is 0 Å². The number of unbranched alkanes of at least 4 members (excludes halogenated alkanes) is 9. The van der Waals surface area contributed by atoms with E-state index < -0.39 is 0 Å². The number of nitrogens with one attached hydrogen (secondary N) is 1. The minimum atomic E-state index is -0.126. The summed E-state index contributed by atoms with van der Waals surface area (Å²) in [6.07, 6.45) is 17.4. The summed E-state index contributed by atoms with van der Waals surface area (Å²) >= 11 is 0. The maximum Gasteiger partial charge on any atom is 0.0691 e. The second kappa shape index (κ2) is 11.6. The van der Waals surface area contributed by atoms with Crippen LogP contribution >= 0.6 is 0 Å². The molecule has 0 saturated carbocycles. The topological polar surface area (TPSA) is 32.3 Å². The van der Waals surface area contributed by atoms with Crippen molar-refractivity contribution in [2.24, 2.45) is 0 Å². The molecule has 1 heterocycles. The van der Waals surface area contributed by atoms with Crippen LogP contribution < -0.4 is 5.32 Å². The van der Waals surface area contributed by atoms with Gasteiger partial charge >= 0.3 is 0 Å². The molecule has 2 nitrogen and oxygen atoms in total. The van der Waals surface area contributed by atoms with Gasteiger partial charge in [0.25, 0.3) is 0 Å². The van der Waals surface area contributed by atoms with E-state index in [0.29, 0.717) is 6.04 Å². The number of rotatable bonds is 11. The number of hydrogen-bond acceptors (Lipinski definition) is 2. The molecule has 3 atom stereocenters. The van der Waals surface area contributed by atoms with Crippen molar-refractivity contribution in [3.05, 3.63) is 0 Å². The Labute approximate surface area is 126 Å². The van der Waals surface area contributed by atoms with E-state index in [0.717, 1.165) is 12.8 Å². The summed E-state index contributed by atoms with van der Waals surface area (Å²) in [7, 11) is 0. The molecule has 1 aliphatic rings. The first-order valence-corrected chi connectivity index (χ1v) is 9.18. The van der Waals surface area contributed by atoms with Gasteiger partial charge in [0.05, 0.1) is 6.10 Å². The maximum absolute atomic E-state index is 9.68. The highest BCUT2D eigenvalue weighted by atomic mass is 16.3. The third-order valence-corrected chi connectivity index (χ3v) is 4.79. The van der Waals surface area contributed by atoms with E-state index in [1.165, 1.54) is 70.6 Å². The Bertz CT molecular complexity index is 219. The molecule has 1 aliphatic heterocycles. The molecule has 0 aromatic heterocycles. The van der Waals surface area contributed by atoms with E-state index in [-0.39, 0.29) is 12.1 Å². The van der Waals surface area contributed by atoms with Gasteiger partial charge in [-0.15, -0.1) is 0 Å². The summed E-state index contributed by atoms with van der Waals surface area (Å²) in [4.78, 5) is 0. The maximum atomic E-state index is 9.68. The van der Waals surface area contributed by atoms with Crippen molar-refractivity contribution < 1.29 is 5.11 Å². The summed E-state index contributed by atoms with van der Waals surface area (Å²) in [6.45, 7) is 4.39. The molecular weight excluding hydrogens is 246 g/mol. The van der Waals surface area contributed by atoms with Crippen LogP contribution in [0.15, 0.2) is 0 Å². The third kappa shape index (κ3) is 8.26. The smallest absolute Gasteiger partial charge is 0.0691 e. The molecule has 0 radical (unpaired) electrons. The van der Waals surface area contributed by atoms with Gasteiger partial charge in [0.1, 0.15) is 0 Å². The van der Waals surface area contributed by atoms with E-state index in [1.807, 2.05) is 0 Å². The number of piperidine rings is 1. The van der Waals surface area contributed by atoms with Gasteiger partial charge in [-0.25, -0.2) is 0 Å². The lowest BCUT2D eigenvalue weighted by Crippen LogP contribution is -2.48. The Morgan fingerprint density at radius 1 is 0.850 bits per heavy atom. The summed E-state index contributed by atoms with van der Waals surface area (Å²) in [5, 5.41) is 13.2. The van der Waals surface area contributed by atoms with Crippen molar-refractivity contribution in [3.8, 4) is 0 Å². The van der Waals surface area contributed by atoms with Crippen molar-refractivity contribution in [3.63, 3.8) is 0 Å². The standard InChI is InChI=1S/C18H37NO/c1-3-4-5-6-7-8-9-10-11-12-13-17-14-15-18(20)16(2)19-17/h16-20H,3-15H2,1-2H3/t16-,17+,18+/m0/s1. The minimum Gasteiger partial charge on any atom is -0.392 e.